The molecule has 0 radical (unpaired) electrons. The van der Waals surface area contributed by atoms with Gasteiger partial charge in [0.2, 0.25) is 0 Å². The van der Waals surface area contributed by atoms with E-state index in [0.717, 1.165) is 29.0 Å². The molecule has 0 atom stereocenters. The van der Waals surface area contributed by atoms with Crippen molar-refractivity contribution in [3.05, 3.63) is 21.4 Å². The Balaban J connectivity index is 2.26. The molecule has 0 bridgehead atoms. The molecular formula is C13H18ClN3OS. The minimum absolute atomic E-state index is 0.203. The van der Waals surface area contributed by atoms with E-state index in [4.69, 9.17) is 16.7 Å². The molecule has 0 aliphatic rings. The van der Waals surface area contributed by atoms with Crippen LogP contribution in [0.3, 0.4) is 0 Å². The molecular weight excluding hydrogens is 282 g/mol. The van der Waals surface area contributed by atoms with Crippen LogP contribution < -0.4 is 0 Å². The van der Waals surface area contributed by atoms with Gasteiger partial charge in [0, 0.05) is 18.0 Å². The van der Waals surface area contributed by atoms with Gasteiger partial charge < -0.3 is 5.11 Å². The predicted octanol–water partition coefficient (Wildman–Crippen LogP) is 2.78. The van der Waals surface area contributed by atoms with Gasteiger partial charge in [0.05, 0.1) is 11.9 Å². The van der Waals surface area contributed by atoms with E-state index in [0.29, 0.717) is 11.7 Å². The summed E-state index contributed by atoms with van der Waals surface area (Å²) in [7, 11) is 1.99. The second kappa shape index (κ2) is 6.13. The van der Waals surface area contributed by atoms with Crippen molar-refractivity contribution in [1.82, 2.24) is 14.9 Å². The Morgan fingerprint density at radius 2 is 2.05 bits per heavy atom. The maximum Gasteiger partial charge on any atom is 0.145 e. The van der Waals surface area contributed by atoms with E-state index < -0.39 is 0 Å². The van der Waals surface area contributed by atoms with E-state index in [2.05, 4.69) is 28.7 Å². The van der Waals surface area contributed by atoms with Gasteiger partial charge in [-0.2, -0.15) is 0 Å². The van der Waals surface area contributed by atoms with Crippen LogP contribution in [-0.4, -0.2) is 40.2 Å². The van der Waals surface area contributed by atoms with Crippen molar-refractivity contribution >= 4 is 33.2 Å². The largest absolute Gasteiger partial charge is 0.396 e. The van der Waals surface area contributed by atoms with Gasteiger partial charge in [-0.1, -0.05) is 11.6 Å². The quantitative estimate of drug-likeness (QED) is 0.863. The number of halogens is 1. The SMILES string of the molecule is Cc1sc2nc(CN(C)CCCO)nc(Cl)c2c1C. The number of aromatic nitrogens is 2. The van der Waals surface area contributed by atoms with Crippen molar-refractivity contribution < 1.29 is 5.11 Å². The fourth-order valence-corrected chi connectivity index (χ4v) is 3.41. The van der Waals surface area contributed by atoms with Crippen molar-refractivity contribution in [3.63, 3.8) is 0 Å². The molecule has 2 rings (SSSR count). The highest BCUT2D eigenvalue weighted by Crippen LogP contribution is 2.32. The molecule has 0 saturated carbocycles. The third-order valence-corrected chi connectivity index (χ3v) is 4.51. The molecule has 104 valence electrons. The van der Waals surface area contributed by atoms with Crippen molar-refractivity contribution in [1.29, 1.82) is 0 Å². The van der Waals surface area contributed by atoms with Gasteiger partial charge in [-0.25, -0.2) is 9.97 Å². The second-order valence-corrected chi connectivity index (χ2v) is 6.27. The number of hydrogen-bond donors (Lipinski definition) is 1. The summed E-state index contributed by atoms with van der Waals surface area (Å²) >= 11 is 7.92. The lowest BCUT2D eigenvalue weighted by Gasteiger charge is -2.14. The molecule has 0 aliphatic carbocycles. The van der Waals surface area contributed by atoms with Gasteiger partial charge in [-0.3, -0.25) is 4.90 Å². The number of rotatable bonds is 5. The van der Waals surface area contributed by atoms with Crippen LogP contribution in [0.25, 0.3) is 10.2 Å². The van der Waals surface area contributed by atoms with E-state index in [1.54, 1.807) is 11.3 Å². The summed E-state index contributed by atoms with van der Waals surface area (Å²) in [5.41, 5.74) is 1.17. The third-order valence-electron chi connectivity index (χ3n) is 3.14. The van der Waals surface area contributed by atoms with Crippen molar-refractivity contribution in [2.75, 3.05) is 20.2 Å². The van der Waals surface area contributed by atoms with E-state index in [9.17, 15) is 0 Å². The van der Waals surface area contributed by atoms with E-state index in [-0.39, 0.29) is 6.61 Å². The first kappa shape index (κ1) is 14.7. The number of aliphatic hydroxyl groups excluding tert-OH is 1. The average Bonchev–Trinajstić information content (AvgIpc) is 2.62. The standard InChI is InChI=1S/C13H18ClN3OS/c1-8-9(2)19-13-11(8)12(14)15-10(16-13)7-17(3)5-4-6-18/h18H,4-7H2,1-3H3. The lowest BCUT2D eigenvalue weighted by molar-refractivity contribution is 0.242. The van der Waals surface area contributed by atoms with Gasteiger partial charge in [-0.15, -0.1) is 11.3 Å². The first-order chi connectivity index (χ1) is 9.02. The molecule has 0 spiro atoms. The minimum Gasteiger partial charge on any atom is -0.396 e. The molecule has 0 fully saturated rings. The first-order valence-electron chi connectivity index (χ1n) is 6.24. The van der Waals surface area contributed by atoms with Crippen LogP contribution in [0.15, 0.2) is 0 Å². The molecule has 0 aromatic carbocycles. The summed E-state index contributed by atoms with van der Waals surface area (Å²) in [5, 5.41) is 10.3. The molecule has 4 nitrogen and oxygen atoms in total. The molecule has 2 aromatic rings. The van der Waals surface area contributed by atoms with Gasteiger partial charge >= 0.3 is 0 Å². The molecule has 0 aliphatic heterocycles. The number of fused-ring (bicyclic) bond motifs is 1. The van der Waals surface area contributed by atoms with Crippen LogP contribution in [0, 0.1) is 13.8 Å². The predicted molar refractivity (Wildman–Crippen MR) is 79.9 cm³/mol. The fraction of sp³-hybridized carbons (Fsp3) is 0.538. The molecule has 2 aromatic heterocycles. The van der Waals surface area contributed by atoms with Gasteiger partial charge in [0.15, 0.2) is 0 Å². The molecule has 1 N–H and O–H groups in total. The summed E-state index contributed by atoms with van der Waals surface area (Å²) in [6.45, 7) is 5.79. The highest BCUT2D eigenvalue weighted by Gasteiger charge is 2.13. The molecule has 6 heteroatoms. The van der Waals surface area contributed by atoms with Crippen molar-refractivity contribution in [2.45, 2.75) is 26.8 Å². The van der Waals surface area contributed by atoms with Crippen molar-refractivity contribution in [3.8, 4) is 0 Å². The minimum atomic E-state index is 0.203. The monoisotopic (exact) mass is 299 g/mol. The number of nitrogens with zero attached hydrogens (tertiary/aromatic N) is 3. The highest BCUT2D eigenvalue weighted by atomic mass is 35.5. The first-order valence-corrected chi connectivity index (χ1v) is 7.44. The average molecular weight is 300 g/mol. The van der Waals surface area contributed by atoms with Gasteiger partial charge in [0.25, 0.3) is 0 Å². The molecule has 2 heterocycles. The summed E-state index contributed by atoms with van der Waals surface area (Å²) in [6, 6.07) is 0. The van der Waals surface area contributed by atoms with Gasteiger partial charge in [0.1, 0.15) is 15.8 Å². The van der Waals surface area contributed by atoms with E-state index in [1.807, 2.05) is 7.05 Å². The zero-order chi connectivity index (χ0) is 14.0. The number of thiophene rings is 1. The topological polar surface area (TPSA) is 49.2 Å². The molecule has 0 amide bonds. The van der Waals surface area contributed by atoms with Crippen LogP contribution in [0.5, 0.6) is 0 Å². The zero-order valence-corrected chi connectivity index (χ0v) is 13.0. The Labute approximate surface area is 122 Å². The highest BCUT2D eigenvalue weighted by molar-refractivity contribution is 7.18. The van der Waals surface area contributed by atoms with E-state index >= 15 is 0 Å². The Morgan fingerprint density at radius 1 is 1.32 bits per heavy atom. The Kier molecular flexibility index (Phi) is 4.73. The lowest BCUT2D eigenvalue weighted by Crippen LogP contribution is -2.21. The summed E-state index contributed by atoms with van der Waals surface area (Å²) in [5.74, 6) is 0.735. The third kappa shape index (κ3) is 3.23. The van der Waals surface area contributed by atoms with Crippen LogP contribution in [0.1, 0.15) is 22.7 Å². The normalized spacial score (nSPS) is 11.7. The Morgan fingerprint density at radius 3 is 2.74 bits per heavy atom. The van der Waals surface area contributed by atoms with Crippen LogP contribution in [0.2, 0.25) is 5.15 Å². The van der Waals surface area contributed by atoms with Crippen LogP contribution in [0.4, 0.5) is 0 Å². The molecule has 0 saturated heterocycles. The summed E-state index contributed by atoms with van der Waals surface area (Å²) in [4.78, 5) is 13.2. The summed E-state index contributed by atoms with van der Waals surface area (Å²) in [6.07, 6.45) is 0.754. The lowest BCUT2D eigenvalue weighted by atomic mass is 10.2. The number of aliphatic hydroxyl groups is 1. The maximum absolute atomic E-state index is 8.82. The fourth-order valence-electron chi connectivity index (χ4n) is 1.97. The maximum atomic E-state index is 8.82. The molecule has 0 unspecified atom stereocenters. The number of aryl methyl sites for hydroxylation is 2. The molecule has 19 heavy (non-hydrogen) atoms. The summed E-state index contributed by atoms with van der Waals surface area (Å²) < 4.78 is 0. The van der Waals surface area contributed by atoms with Crippen LogP contribution in [-0.2, 0) is 6.54 Å². The smallest absolute Gasteiger partial charge is 0.145 e. The Hall–Kier alpha value is -0.750. The van der Waals surface area contributed by atoms with Crippen molar-refractivity contribution in [2.24, 2.45) is 0 Å². The zero-order valence-electron chi connectivity index (χ0n) is 11.4. The van der Waals surface area contributed by atoms with Gasteiger partial charge in [-0.05, 0) is 32.9 Å². The Bertz CT molecular complexity index is 585. The second-order valence-electron chi connectivity index (χ2n) is 4.71. The van der Waals surface area contributed by atoms with E-state index in [1.165, 1.54) is 10.4 Å². The number of hydrogen-bond acceptors (Lipinski definition) is 5. The van der Waals surface area contributed by atoms with Crippen LogP contribution >= 0.6 is 22.9 Å².